The first kappa shape index (κ1) is 11.4. The molecule has 0 spiro atoms. The number of anilines is 2. The Kier molecular flexibility index (Phi) is 3.14. The summed E-state index contributed by atoms with van der Waals surface area (Å²) in [6.07, 6.45) is 0.443. The van der Waals surface area contributed by atoms with Gasteiger partial charge in [0.05, 0.1) is 5.69 Å². The summed E-state index contributed by atoms with van der Waals surface area (Å²) < 4.78 is 13.6. The van der Waals surface area contributed by atoms with Crippen LogP contribution in [0.25, 0.3) is 0 Å². The Morgan fingerprint density at radius 1 is 1.56 bits per heavy atom. The Hall–Kier alpha value is -1.10. The van der Waals surface area contributed by atoms with E-state index in [1.165, 1.54) is 17.0 Å². The lowest BCUT2D eigenvalue weighted by atomic mass is 10.2. The molecule has 5 heteroatoms. The van der Waals surface area contributed by atoms with E-state index < -0.39 is 5.82 Å². The van der Waals surface area contributed by atoms with Gasteiger partial charge in [0.15, 0.2) is 0 Å². The molecule has 1 aromatic carbocycles. The number of hydrogen-bond acceptors (Lipinski definition) is 2. The van der Waals surface area contributed by atoms with Gasteiger partial charge < -0.3 is 10.6 Å². The number of halogens is 2. The summed E-state index contributed by atoms with van der Waals surface area (Å²) in [5, 5.41) is 0.740. The van der Waals surface area contributed by atoms with Gasteiger partial charge in [0.25, 0.3) is 0 Å². The number of carbonyl (C=O) groups excluding carboxylic acids is 1. The van der Waals surface area contributed by atoms with Crippen LogP contribution < -0.4 is 10.6 Å². The molecule has 2 rings (SSSR count). The third kappa shape index (κ3) is 1.91. The molecule has 1 aliphatic heterocycles. The van der Waals surface area contributed by atoms with Crippen LogP contribution in [0.5, 0.6) is 0 Å². The second kappa shape index (κ2) is 4.41. The molecular weight excluding hydrogens is 275 g/mol. The van der Waals surface area contributed by atoms with Crippen LogP contribution in [0, 0.1) is 11.7 Å². The van der Waals surface area contributed by atoms with Crippen LogP contribution in [0.2, 0.25) is 0 Å². The predicted octanol–water partition coefficient (Wildman–Crippen LogP) is 2.16. The minimum Gasteiger partial charge on any atom is -0.397 e. The van der Waals surface area contributed by atoms with E-state index in [9.17, 15) is 9.18 Å². The third-order valence-electron chi connectivity index (χ3n) is 2.71. The van der Waals surface area contributed by atoms with Gasteiger partial charge in [-0.3, -0.25) is 4.79 Å². The number of hydrogen-bond donors (Lipinski definition) is 1. The van der Waals surface area contributed by atoms with Crippen molar-refractivity contribution in [3.8, 4) is 0 Å². The lowest BCUT2D eigenvalue weighted by Crippen LogP contribution is -2.26. The number of alkyl halides is 1. The first-order valence-electron chi connectivity index (χ1n) is 5.03. The standard InChI is InChI=1S/C11H12BrFN2O/c12-5-7-4-10(16)15(6-7)11-8(13)2-1-3-9(11)14/h1-3,7H,4-6,14H2. The fourth-order valence-corrected chi connectivity index (χ4v) is 2.35. The SMILES string of the molecule is Nc1cccc(F)c1N1CC(CBr)CC1=O. The maximum absolute atomic E-state index is 13.6. The molecule has 0 saturated carbocycles. The molecule has 1 atom stereocenters. The zero-order valence-electron chi connectivity index (χ0n) is 8.62. The first-order valence-corrected chi connectivity index (χ1v) is 6.16. The van der Waals surface area contributed by atoms with Gasteiger partial charge >= 0.3 is 0 Å². The number of rotatable bonds is 2. The molecule has 0 aromatic heterocycles. The van der Waals surface area contributed by atoms with E-state index in [0.29, 0.717) is 18.7 Å². The minimum atomic E-state index is -0.441. The number of nitrogen functional groups attached to an aromatic ring is 1. The van der Waals surface area contributed by atoms with Crippen molar-refractivity contribution >= 4 is 33.2 Å². The normalized spacial score (nSPS) is 20.5. The van der Waals surface area contributed by atoms with Crippen LogP contribution in [0.15, 0.2) is 18.2 Å². The van der Waals surface area contributed by atoms with E-state index in [4.69, 9.17) is 5.73 Å². The number of para-hydroxylation sites is 1. The van der Waals surface area contributed by atoms with Gasteiger partial charge in [-0.2, -0.15) is 0 Å². The number of carbonyl (C=O) groups is 1. The summed E-state index contributed by atoms with van der Waals surface area (Å²) in [6, 6.07) is 4.46. The van der Waals surface area contributed by atoms with Crippen molar-refractivity contribution in [3.63, 3.8) is 0 Å². The number of benzene rings is 1. The zero-order valence-corrected chi connectivity index (χ0v) is 10.2. The van der Waals surface area contributed by atoms with Crippen molar-refractivity contribution in [1.82, 2.24) is 0 Å². The van der Waals surface area contributed by atoms with Gasteiger partial charge in [-0.1, -0.05) is 22.0 Å². The molecule has 0 bridgehead atoms. The van der Waals surface area contributed by atoms with Crippen molar-refractivity contribution in [2.75, 3.05) is 22.5 Å². The van der Waals surface area contributed by atoms with E-state index >= 15 is 0 Å². The maximum atomic E-state index is 13.6. The molecule has 1 aliphatic rings. The molecule has 1 unspecified atom stereocenters. The van der Waals surface area contributed by atoms with Crippen LogP contribution in [-0.4, -0.2) is 17.8 Å². The van der Waals surface area contributed by atoms with Crippen LogP contribution in [0.3, 0.4) is 0 Å². The van der Waals surface area contributed by atoms with Crippen LogP contribution >= 0.6 is 15.9 Å². The number of nitrogens with two attached hydrogens (primary N) is 1. The largest absolute Gasteiger partial charge is 0.397 e. The molecular formula is C11H12BrFN2O. The summed E-state index contributed by atoms with van der Waals surface area (Å²) in [7, 11) is 0. The summed E-state index contributed by atoms with van der Waals surface area (Å²) in [6.45, 7) is 0.523. The molecule has 2 N–H and O–H groups in total. The molecule has 16 heavy (non-hydrogen) atoms. The number of nitrogens with zero attached hydrogens (tertiary/aromatic N) is 1. The van der Waals surface area contributed by atoms with Gasteiger partial charge in [-0.25, -0.2) is 4.39 Å². The molecule has 1 aromatic rings. The second-order valence-corrected chi connectivity index (χ2v) is 4.55. The highest BCUT2D eigenvalue weighted by Gasteiger charge is 2.32. The van der Waals surface area contributed by atoms with Crippen LogP contribution in [0.4, 0.5) is 15.8 Å². The van der Waals surface area contributed by atoms with E-state index in [2.05, 4.69) is 15.9 Å². The Morgan fingerprint density at radius 3 is 2.88 bits per heavy atom. The fourth-order valence-electron chi connectivity index (χ4n) is 1.92. The summed E-state index contributed by atoms with van der Waals surface area (Å²) in [5.74, 6) is -0.281. The molecule has 3 nitrogen and oxygen atoms in total. The van der Waals surface area contributed by atoms with Gasteiger partial charge in [0.2, 0.25) is 5.91 Å². The Balaban J connectivity index is 2.35. The Bertz CT molecular complexity index is 404. The highest BCUT2D eigenvalue weighted by molar-refractivity contribution is 9.09. The first-order chi connectivity index (χ1) is 7.63. The zero-order chi connectivity index (χ0) is 11.7. The van der Waals surface area contributed by atoms with Crippen molar-refractivity contribution < 1.29 is 9.18 Å². The lowest BCUT2D eigenvalue weighted by molar-refractivity contribution is -0.117. The highest BCUT2D eigenvalue weighted by atomic mass is 79.9. The monoisotopic (exact) mass is 286 g/mol. The summed E-state index contributed by atoms with van der Waals surface area (Å²) >= 11 is 3.34. The van der Waals surface area contributed by atoms with E-state index in [1.807, 2.05) is 0 Å². The quantitative estimate of drug-likeness (QED) is 0.669. The van der Waals surface area contributed by atoms with Gasteiger partial charge in [-0.05, 0) is 18.1 Å². The topological polar surface area (TPSA) is 46.3 Å². The maximum Gasteiger partial charge on any atom is 0.227 e. The van der Waals surface area contributed by atoms with Crippen molar-refractivity contribution in [1.29, 1.82) is 0 Å². The Morgan fingerprint density at radius 2 is 2.31 bits per heavy atom. The van der Waals surface area contributed by atoms with E-state index in [1.54, 1.807) is 6.07 Å². The van der Waals surface area contributed by atoms with Gasteiger partial charge in [0, 0.05) is 18.3 Å². The van der Waals surface area contributed by atoms with Crippen molar-refractivity contribution in [2.24, 2.45) is 5.92 Å². The average Bonchev–Trinajstić information content (AvgIpc) is 2.60. The van der Waals surface area contributed by atoms with Gasteiger partial charge in [0.1, 0.15) is 11.5 Å². The Labute approximate surface area is 102 Å². The smallest absolute Gasteiger partial charge is 0.227 e. The van der Waals surface area contributed by atoms with Crippen molar-refractivity contribution in [2.45, 2.75) is 6.42 Å². The predicted molar refractivity (Wildman–Crippen MR) is 65.1 cm³/mol. The molecule has 1 amide bonds. The fraction of sp³-hybridized carbons (Fsp3) is 0.364. The van der Waals surface area contributed by atoms with E-state index in [0.717, 1.165) is 5.33 Å². The molecule has 1 fully saturated rings. The summed E-state index contributed by atoms with van der Waals surface area (Å²) in [4.78, 5) is 13.2. The van der Waals surface area contributed by atoms with E-state index in [-0.39, 0.29) is 17.5 Å². The van der Waals surface area contributed by atoms with Crippen molar-refractivity contribution in [3.05, 3.63) is 24.0 Å². The van der Waals surface area contributed by atoms with Crippen LogP contribution in [-0.2, 0) is 4.79 Å². The lowest BCUT2D eigenvalue weighted by Gasteiger charge is -2.19. The molecule has 86 valence electrons. The van der Waals surface area contributed by atoms with Gasteiger partial charge in [-0.15, -0.1) is 0 Å². The minimum absolute atomic E-state index is 0.0683. The molecule has 1 heterocycles. The highest BCUT2D eigenvalue weighted by Crippen LogP contribution is 2.32. The third-order valence-corrected chi connectivity index (χ3v) is 3.63. The molecule has 1 saturated heterocycles. The van der Waals surface area contributed by atoms with Crippen LogP contribution in [0.1, 0.15) is 6.42 Å². The molecule has 0 aliphatic carbocycles. The summed E-state index contributed by atoms with van der Waals surface area (Å²) in [5.41, 5.74) is 6.23. The second-order valence-electron chi connectivity index (χ2n) is 3.91. The number of amides is 1. The molecule has 0 radical (unpaired) electrons. The average molecular weight is 287 g/mol.